The van der Waals surface area contributed by atoms with Crippen molar-refractivity contribution in [2.75, 3.05) is 5.32 Å². The van der Waals surface area contributed by atoms with Crippen molar-refractivity contribution in [1.29, 1.82) is 0 Å². The first-order chi connectivity index (χ1) is 9.43. The van der Waals surface area contributed by atoms with Crippen molar-refractivity contribution >= 4 is 33.2 Å². The fourth-order valence-electron chi connectivity index (χ4n) is 1.85. The minimum Gasteiger partial charge on any atom is -0.377 e. The maximum absolute atomic E-state index is 13.7. The highest BCUT2D eigenvalue weighted by Crippen LogP contribution is 2.25. The summed E-state index contributed by atoms with van der Waals surface area (Å²) in [5, 5.41) is 7.66. The van der Waals surface area contributed by atoms with Gasteiger partial charge in [-0.15, -0.1) is 0 Å². The Morgan fingerprint density at radius 3 is 2.65 bits per heavy atom. The monoisotopic (exact) mass is 363 g/mol. The van der Waals surface area contributed by atoms with Crippen LogP contribution in [0.25, 0.3) is 0 Å². The van der Waals surface area contributed by atoms with Gasteiger partial charge < -0.3 is 5.32 Å². The van der Waals surface area contributed by atoms with E-state index in [0.29, 0.717) is 11.4 Å². The van der Waals surface area contributed by atoms with Crippen LogP contribution in [0.1, 0.15) is 18.3 Å². The highest BCUT2D eigenvalue weighted by atomic mass is 79.9. The van der Waals surface area contributed by atoms with Gasteiger partial charge in [-0.05, 0) is 28.4 Å². The summed E-state index contributed by atoms with van der Waals surface area (Å²) in [4.78, 5) is 0. The Bertz CT molecular complexity index is 643. The van der Waals surface area contributed by atoms with Crippen LogP contribution in [0, 0.1) is 11.6 Å². The Kier molecular flexibility index (Phi) is 4.65. The molecule has 0 saturated carbocycles. The number of aromatic nitrogens is 2. The molecule has 0 radical (unpaired) electrons. The summed E-state index contributed by atoms with van der Waals surface area (Å²) >= 11 is 9.13. The molecule has 2 aromatic rings. The fraction of sp³-hybridized carbons (Fsp3) is 0.308. The topological polar surface area (TPSA) is 29.9 Å². The first-order valence-electron chi connectivity index (χ1n) is 6.02. The number of hydrogen-bond acceptors (Lipinski definition) is 2. The van der Waals surface area contributed by atoms with Gasteiger partial charge in [0.25, 0.3) is 0 Å². The van der Waals surface area contributed by atoms with Gasteiger partial charge in [0.2, 0.25) is 0 Å². The van der Waals surface area contributed by atoms with Crippen LogP contribution in [0.5, 0.6) is 0 Å². The average molecular weight is 365 g/mol. The minimum atomic E-state index is -0.535. The van der Waals surface area contributed by atoms with Crippen molar-refractivity contribution in [2.24, 2.45) is 7.05 Å². The highest BCUT2D eigenvalue weighted by Gasteiger charge is 2.14. The van der Waals surface area contributed by atoms with Crippen molar-refractivity contribution in [2.45, 2.75) is 19.9 Å². The van der Waals surface area contributed by atoms with E-state index < -0.39 is 11.6 Å². The summed E-state index contributed by atoms with van der Waals surface area (Å²) < 4.78 is 28.8. The zero-order chi connectivity index (χ0) is 14.9. The van der Waals surface area contributed by atoms with E-state index in [2.05, 4.69) is 26.3 Å². The molecule has 20 heavy (non-hydrogen) atoms. The molecule has 0 saturated heterocycles. The van der Waals surface area contributed by atoms with Gasteiger partial charge in [0.05, 0.1) is 33.1 Å². The molecule has 2 rings (SSSR count). The molecule has 0 unspecified atom stereocenters. The van der Waals surface area contributed by atoms with E-state index in [1.807, 2.05) is 6.92 Å². The summed E-state index contributed by atoms with van der Waals surface area (Å²) in [5.74, 6) is -1.06. The maximum Gasteiger partial charge on any atom is 0.147 e. The lowest BCUT2D eigenvalue weighted by Crippen LogP contribution is -2.07. The smallest absolute Gasteiger partial charge is 0.147 e. The Balaban J connectivity index is 2.21. The molecule has 1 aromatic carbocycles. The van der Waals surface area contributed by atoms with Crippen LogP contribution in [0.15, 0.2) is 16.6 Å². The fourth-order valence-corrected chi connectivity index (χ4v) is 2.52. The molecule has 0 fully saturated rings. The largest absolute Gasteiger partial charge is 0.377 e. The number of halogens is 4. The van der Waals surface area contributed by atoms with Gasteiger partial charge in [-0.1, -0.05) is 18.5 Å². The predicted molar refractivity (Wildman–Crippen MR) is 79.0 cm³/mol. The van der Waals surface area contributed by atoms with Gasteiger partial charge in [0, 0.05) is 13.1 Å². The first kappa shape index (κ1) is 15.3. The summed E-state index contributed by atoms with van der Waals surface area (Å²) in [7, 11) is 1.76. The molecule has 1 N–H and O–H groups in total. The molecule has 0 bridgehead atoms. The molecule has 0 amide bonds. The molecule has 0 aliphatic heterocycles. The van der Waals surface area contributed by atoms with Gasteiger partial charge in [-0.2, -0.15) is 5.10 Å². The summed E-state index contributed by atoms with van der Waals surface area (Å²) in [6, 6.07) is 2.18. The first-order valence-corrected chi connectivity index (χ1v) is 7.19. The lowest BCUT2D eigenvalue weighted by Gasteiger charge is -2.09. The van der Waals surface area contributed by atoms with Crippen LogP contribution in [-0.4, -0.2) is 9.78 Å². The van der Waals surface area contributed by atoms with Crippen LogP contribution in [0.3, 0.4) is 0 Å². The van der Waals surface area contributed by atoms with Crippen molar-refractivity contribution in [3.05, 3.63) is 44.7 Å². The van der Waals surface area contributed by atoms with Crippen LogP contribution in [-0.2, 0) is 20.0 Å². The highest BCUT2D eigenvalue weighted by molar-refractivity contribution is 9.10. The zero-order valence-corrected chi connectivity index (χ0v) is 13.3. The maximum atomic E-state index is 13.7. The Morgan fingerprint density at radius 1 is 1.35 bits per heavy atom. The predicted octanol–water partition coefficient (Wildman–Crippen LogP) is 4.29. The molecule has 0 atom stereocenters. The molecule has 7 heteroatoms. The van der Waals surface area contributed by atoms with E-state index in [0.717, 1.165) is 23.5 Å². The van der Waals surface area contributed by atoms with Crippen molar-refractivity contribution in [3.8, 4) is 0 Å². The van der Waals surface area contributed by atoms with Gasteiger partial charge >= 0.3 is 0 Å². The lowest BCUT2D eigenvalue weighted by molar-refractivity contribution is 0.596. The summed E-state index contributed by atoms with van der Waals surface area (Å²) in [5.41, 5.74) is 1.60. The van der Waals surface area contributed by atoms with Gasteiger partial charge in [-0.25, -0.2) is 8.78 Å². The third kappa shape index (κ3) is 2.96. The SMILES string of the molecule is CCc1nn(C)c(CNc2cc(F)c(Br)cc2F)c1Cl. The number of benzene rings is 1. The van der Waals surface area contributed by atoms with Gasteiger partial charge in [0.1, 0.15) is 11.6 Å². The second-order valence-corrected chi connectivity index (χ2v) is 5.52. The zero-order valence-electron chi connectivity index (χ0n) is 11.0. The van der Waals surface area contributed by atoms with E-state index in [1.165, 1.54) is 0 Å². The third-order valence-electron chi connectivity index (χ3n) is 2.96. The molecule has 1 aromatic heterocycles. The standard InChI is InChI=1S/C13H13BrClF2N3/c1-3-10-13(15)12(20(2)19-10)6-18-11-5-8(16)7(14)4-9(11)17/h4-5,18H,3,6H2,1-2H3. The van der Waals surface area contributed by atoms with E-state index in [-0.39, 0.29) is 16.7 Å². The Hall–Kier alpha value is -1.14. The van der Waals surface area contributed by atoms with E-state index in [4.69, 9.17) is 11.6 Å². The molecule has 0 aliphatic rings. The molecule has 1 heterocycles. The van der Waals surface area contributed by atoms with Crippen molar-refractivity contribution < 1.29 is 8.78 Å². The second kappa shape index (κ2) is 6.10. The normalized spacial score (nSPS) is 10.9. The van der Waals surface area contributed by atoms with Crippen LogP contribution < -0.4 is 5.32 Å². The molecular formula is C13H13BrClF2N3. The van der Waals surface area contributed by atoms with Crippen LogP contribution in [0.4, 0.5) is 14.5 Å². The number of aryl methyl sites for hydroxylation is 2. The Labute approximate surface area is 129 Å². The molecule has 0 spiro atoms. The third-order valence-corrected chi connectivity index (χ3v) is 4.00. The second-order valence-electron chi connectivity index (χ2n) is 4.28. The lowest BCUT2D eigenvalue weighted by atomic mass is 10.2. The number of nitrogens with one attached hydrogen (secondary N) is 1. The Morgan fingerprint density at radius 2 is 2.05 bits per heavy atom. The number of rotatable bonds is 4. The van der Waals surface area contributed by atoms with Gasteiger partial charge in [0.15, 0.2) is 0 Å². The average Bonchev–Trinajstić information content (AvgIpc) is 2.67. The molecule has 3 nitrogen and oxygen atoms in total. The van der Waals surface area contributed by atoms with E-state index in [1.54, 1.807) is 11.7 Å². The van der Waals surface area contributed by atoms with E-state index >= 15 is 0 Å². The molecule has 0 aliphatic carbocycles. The van der Waals surface area contributed by atoms with Gasteiger partial charge in [-0.3, -0.25) is 4.68 Å². The van der Waals surface area contributed by atoms with Crippen molar-refractivity contribution in [1.82, 2.24) is 9.78 Å². The van der Waals surface area contributed by atoms with Crippen molar-refractivity contribution in [3.63, 3.8) is 0 Å². The number of anilines is 1. The molecule has 108 valence electrons. The van der Waals surface area contributed by atoms with Crippen LogP contribution in [0.2, 0.25) is 5.02 Å². The van der Waals surface area contributed by atoms with E-state index in [9.17, 15) is 8.78 Å². The number of hydrogen-bond donors (Lipinski definition) is 1. The summed E-state index contributed by atoms with van der Waals surface area (Å²) in [6.45, 7) is 2.22. The van der Waals surface area contributed by atoms with Crippen LogP contribution >= 0.6 is 27.5 Å². The number of nitrogens with zero attached hydrogens (tertiary/aromatic N) is 2. The molecular weight excluding hydrogens is 352 g/mol. The summed E-state index contributed by atoms with van der Waals surface area (Å²) in [6.07, 6.45) is 0.716. The minimum absolute atomic E-state index is 0.0843. The quantitative estimate of drug-likeness (QED) is 0.820.